The lowest BCUT2D eigenvalue weighted by Gasteiger charge is -2.23. The quantitative estimate of drug-likeness (QED) is 0.889. The Bertz CT molecular complexity index is 688. The van der Waals surface area contributed by atoms with Crippen LogP contribution >= 0.6 is 0 Å². The van der Waals surface area contributed by atoms with Gasteiger partial charge in [-0.25, -0.2) is 0 Å². The molecule has 2 aromatic carbocycles. The van der Waals surface area contributed by atoms with Crippen LogP contribution in [0.4, 0.5) is 0 Å². The Hall–Kier alpha value is -2.64. The molecule has 0 radical (unpaired) electrons. The second-order valence-corrected chi connectivity index (χ2v) is 5.41. The Morgan fingerprint density at radius 3 is 2.64 bits per heavy atom. The molecule has 0 aliphatic heterocycles. The fraction of sp³-hybridized carbons (Fsp3) is 0.222. The normalized spacial score (nSPS) is 13.0. The number of benzene rings is 2. The molecule has 1 amide bonds. The summed E-state index contributed by atoms with van der Waals surface area (Å²) in [7, 11) is 0. The van der Waals surface area contributed by atoms with Crippen molar-refractivity contribution in [1.29, 1.82) is 5.26 Å². The molecular formula is C18H18N2O2. The van der Waals surface area contributed by atoms with Crippen molar-refractivity contribution < 1.29 is 9.90 Å². The maximum atomic E-state index is 12.0. The third-order valence-electron chi connectivity index (χ3n) is 3.45. The summed E-state index contributed by atoms with van der Waals surface area (Å²) < 4.78 is 0. The molecule has 112 valence electrons. The topological polar surface area (TPSA) is 73.1 Å². The lowest BCUT2D eigenvalue weighted by molar-refractivity contribution is -0.126. The van der Waals surface area contributed by atoms with Crippen LogP contribution in [0.15, 0.2) is 54.6 Å². The number of carbonyl (C=O) groups excluding carboxylic acids is 1. The Labute approximate surface area is 130 Å². The van der Waals surface area contributed by atoms with E-state index in [2.05, 4.69) is 11.4 Å². The molecule has 0 aliphatic carbocycles. The first-order valence-electron chi connectivity index (χ1n) is 7.05. The number of hydrogen-bond donors (Lipinski definition) is 2. The Kier molecular flexibility index (Phi) is 4.92. The van der Waals surface area contributed by atoms with Crippen LogP contribution in [0.3, 0.4) is 0 Å². The molecular weight excluding hydrogens is 276 g/mol. The number of aliphatic hydroxyl groups is 1. The molecule has 0 fully saturated rings. The van der Waals surface area contributed by atoms with Gasteiger partial charge >= 0.3 is 0 Å². The molecule has 2 N–H and O–H groups in total. The van der Waals surface area contributed by atoms with E-state index in [1.54, 1.807) is 37.3 Å². The van der Waals surface area contributed by atoms with E-state index in [0.29, 0.717) is 17.7 Å². The molecule has 0 saturated carbocycles. The zero-order valence-corrected chi connectivity index (χ0v) is 12.4. The minimum atomic E-state index is -1.21. The maximum absolute atomic E-state index is 12.0. The van der Waals surface area contributed by atoms with Crippen molar-refractivity contribution in [3.63, 3.8) is 0 Å². The van der Waals surface area contributed by atoms with Crippen molar-refractivity contribution in [2.45, 2.75) is 25.5 Å². The molecule has 4 nitrogen and oxygen atoms in total. The lowest BCUT2D eigenvalue weighted by Crippen LogP contribution is -2.32. The van der Waals surface area contributed by atoms with Crippen molar-refractivity contribution in [3.05, 3.63) is 71.3 Å². The van der Waals surface area contributed by atoms with Crippen molar-refractivity contribution in [3.8, 4) is 6.07 Å². The number of nitrogens with one attached hydrogen (secondary N) is 1. The molecule has 0 aliphatic rings. The molecule has 1 unspecified atom stereocenters. The minimum Gasteiger partial charge on any atom is -0.385 e. The van der Waals surface area contributed by atoms with E-state index < -0.39 is 5.60 Å². The van der Waals surface area contributed by atoms with Gasteiger partial charge in [0, 0.05) is 6.54 Å². The van der Waals surface area contributed by atoms with Crippen LogP contribution in [0.2, 0.25) is 0 Å². The highest BCUT2D eigenvalue weighted by molar-refractivity contribution is 5.77. The zero-order valence-electron chi connectivity index (χ0n) is 12.4. The van der Waals surface area contributed by atoms with Gasteiger partial charge in [0.05, 0.1) is 23.7 Å². The Morgan fingerprint density at radius 2 is 1.95 bits per heavy atom. The fourth-order valence-electron chi connectivity index (χ4n) is 2.23. The Morgan fingerprint density at radius 1 is 1.23 bits per heavy atom. The lowest BCUT2D eigenvalue weighted by atomic mass is 9.92. The number of hydrogen-bond acceptors (Lipinski definition) is 3. The van der Waals surface area contributed by atoms with E-state index in [4.69, 9.17) is 5.26 Å². The summed E-state index contributed by atoms with van der Waals surface area (Å²) in [6, 6.07) is 18.2. The highest BCUT2D eigenvalue weighted by Crippen LogP contribution is 2.23. The smallest absolute Gasteiger partial charge is 0.223 e. The summed E-state index contributed by atoms with van der Waals surface area (Å²) in [4.78, 5) is 12.0. The van der Waals surface area contributed by atoms with Crippen molar-refractivity contribution in [2.24, 2.45) is 0 Å². The van der Waals surface area contributed by atoms with Crippen LogP contribution in [-0.2, 0) is 16.9 Å². The largest absolute Gasteiger partial charge is 0.385 e. The van der Waals surface area contributed by atoms with Gasteiger partial charge in [0.25, 0.3) is 0 Å². The van der Waals surface area contributed by atoms with Gasteiger partial charge in [0.15, 0.2) is 0 Å². The van der Waals surface area contributed by atoms with Crippen LogP contribution in [0, 0.1) is 11.3 Å². The van der Waals surface area contributed by atoms with Gasteiger partial charge in [-0.1, -0.05) is 42.5 Å². The summed E-state index contributed by atoms with van der Waals surface area (Å²) in [5, 5.41) is 22.0. The third-order valence-corrected chi connectivity index (χ3v) is 3.45. The number of carbonyl (C=O) groups is 1. The van der Waals surface area contributed by atoms with Gasteiger partial charge in [0.2, 0.25) is 5.91 Å². The predicted molar refractivity (Wildman–Crippen MR) is 83.6 cm³/mol. The van der Waals surface area contributed by atoms with Crippen LogP contribution in [0.1, 0.15) is 30.0 Å². The van der Waals surface area contributed by atoms with Crippen LogP contribution < -0.4 is 5.32 Å². The van der Waals surface area contributed by atoms with Crippen molar-refractivity contribution in [1.82, 2.24) is 5.32 Å². The highest BCUT2D eigenvalue weighted by Gasteiger charge is 2.26. The van der Waals surface area contributed by atoms with Gasteiger partial charge in [0.1, 0.15) is 0 Å². The molecule has 2 rings (SSSR count). The molecule has 22 heavy (non-hydrogen) atoms. The highest BCUT2D eigenvalue weighted by atomic mass is 16.3. The second-order valence-electron chi connectivity index (χ2n) is 5.41. The summed E-state index contributed by atoms with van der Waals surface area (Å²) in [5.41, 5.74) is 0.909. The third kappa shape index (κ3) is 4.18. The first-order valence-corrected chi connectivity index (χ1v) is 7.05. The molecule has 0 heterocycles. The first kappa shape index (κ1) is 15.7. The van der Waals surface area contributed by atoms with E-state index in [9.17, 15) is 9.90 Å². The van der Waals surface area contributed by atoms with Crippen molar-refractivity contribution in [2.75, 3.05) is 0 Å². The van der Waals surface area contributed by atoms with E-state index in [0.717, 1.165) is 5.56 Å². The minimum absolute atomic E-state index is 0.0189. The molecule has 0 bridgehead atoms. The predicted octanol–water partition coefficient (Wildman–Crippen LogP) is 2.47. The molecule has 0 spiro atoms. The first-order chi connectivity index (χ1) is 10.5. The average Bonchev–Trinajstić information content (AvgIpc) is 2.53. The summed E-state index contributed by atoms with van der Waals surface area (Å²) in [5.74, 6) is -0.240. The standard InChI is InChI=1S/C18H18N2O2/c1-18(22,16-8-3-2-4-9-16)11-17(21)20-13-15-7-5-6-14(10-15)12-19/h2-10,22H,11,13H2,1H3,(H,20,21). The second kappa shape index (κ2) is 6.88. The van der Waals surface area contributed by atoms with Gasteiger partial charge in [-0.15, -0.1) is 0 Å². The van der Waals surface area contributed by atoms with Gasteiger partial charge in [-0.05, 0) is 30.2 Å². The number of amides is 1. The van der Waals surface area contributed by atoms with E-state index in [1.165, 1.54) is 0 Å². The average molecular weight is 294 g/mol. The molecule has 0 saturated heterocycles. The van der Waals surface area contributed by atoms with E-state index in [1.807, 2.05) is 24.3 Å². The van der Waals surface area contributed by atoms with Crippen LogP contribution in [-0.4, -0.2) is 11.0 Å². The zero-order chi connectivity index (χ0) is 16.0. The summed E-state index contributed by atoms with van der Waals surface area (Å²) in [6.07, 6.45) is -0.0189. The monoisotopic (exact) mass is 294 g/mol. The Balaban J connectivity index is 1.94. The molecule has 1 atom stereocenters. The SMILES string of the molecule is CC(O)(CC(=O)NCc1cccc(C#N)c1)c1ccccc1. The van der Waals surface area contributed by atoms with Crippen LogP contribution in [0.25, 0.3) is 0 Å². The van der Waals surface area contributed by atoms with Crippen molar-refractivity contribution >= 4 is 5.91 Å². The van der Waals surface area contributed by atoms with Crippen LogP contribution in [0.5, 0.6) is 0 Å². The molecule has 2 aromatic rings. The van der Waals surface area contributed by atoms with Gasteiger partial charge in [-0.3, -0.25) is 4.79 Å². The summed E-state index contributed by atoms with van der Waals surface area (Å²) >= 11 is 0. The molecule has 4 heteroatoms. The molecule has 0 aromatic heterocycles. The number of rotatable bonds is 5. The van der Waals surface area contributed by atoms with E-state index in [-0.39, 0.29) is 12.3 Å². The summed E-state index contributed by atoms with van der Waals surface area (Å²) in [6.45, 7) is 1.96. The maximum Gasteiger partial charge on any atom is 0.223 e. The number of nitriles is 1. The van der Waals surface area contributed by atoms with E-state index >= 15 is 0 Å². The van der Waals surface area contributed by atoms with Gasteiger partial charge in [-0.2, -0.15) is 5.26 Å². The fourth-order valence-corrected chi connectivity index (χ4v) is 2.23. The van der Waals surface area contributed by atoms with Gasteiger partial charge < -0.3 is 10.4 Å². The number of nitrogens with zero attached hydrogens (tertiary/aromatic N) is 1.